The number of likely N-dealkylation sites (tertiary alicyclic amines) is 1. The number of ether oxygens (including phenoxy) is 1. The quantitative estimate of drug-likeness (QED) is 0.575. The van der Waals surface area contributed by atoms with Crippen LogP contribution in [0.5, 0.6) is 0 Å². The monoisotopic (exact) mass is 460 g/mol. The Morgan fingerprint density at radius 1 is 1.00 bits per heavy atom. The largest absolute Gasteiger partial charge is 0.480 e. The van der Waals surface area contributed by atoms with Crippen LogP contribution in [0.15, 0.2) is 65.1 Å². The van der Waals surface area contributed by atoms with Crippen molar-refractivity contribution >= 4 is 18.0 Å². The zero-order valence-electron chi connectivity index (χ0n) is 18.4. The van der Waals surface area contributed by atoms with E-state index >= 15 is 0 Å². The molecule has 1 aromatic heterocycles. The van der Waals surface area contributed by atoms with Crippen molar-refractivity contribution in [1.29, 1.82) is 0 Å². The highest BCUT2D eigenvalue weighted by atomic mass is 16.5. The molecule has 3 aromatic rings. The lowest BCUT2D eigenvalue weighted by atomic mass is 9.98. The van der Waals surface area contributed by atoms with Crippen molar-refractivity contribution in [2.45, 2.75) is 31.3 Å². The highest BCUT2D eigenvalue weighted by molar-refractivity contribution is 5.94. The molecular formula is C26H24N2O6. The molecule has 2 N–H and O–H groups in total. The summed E-state index contributed by atoms with van der Waals surface area (Å²) in [7, 11) is 0. The standard InChI is InChI=1S/C26H24N2O6/c29-24(28-13-5-10-22(28)25(30)31)23-12-11-16(34-23)14-27-26(32)33-15-21-19-8-3-1-6-17(19)18-7-2-4-9-20(18)21/h1-4,6-9,11-12,21-22H,5,10,13-15H2,(H,27,32)(H,30,31). The number of aliphatic carboxylic acids is 1. The number of carbonyl (C=O) groups excluding carboxylic acids is 2. The van der Waals surface area contributed by atoms with Gasteiger partial charge < -0.3 is 24.5 Å². The van der Waals surface area contributed by atoms with Gasteiger partial charge in [-0.1, -0.05) is 48.5 Å². The molecule has 2 heterocycles. The zero-order valence-corrected chi connectivity index (χ0v) is 18.4. The third-order valence-electron chi connectivity index (χ3n) is 6.42. The molecule has 2 amide bonds. The van der Waals surface area contributed by atoms with Crippen molar-refractivity contribution in [2.24, 2.45) is 0 Å². The van der Waals surface area contributed by atoms with Crippen LogP contribution in [0, 0.1) is 0 Å². The summed E-state index contributed by atoms with van der Waals surface area (Å²) in [6, 6.07) is 18.5. The lowest BCUT2D eigenvalue weighted by molar-refractivity contribution is -0.141. The summed E-state index contributed by atoms with van der Waals surface area (Å²) in [5.41, 5.74) is 4.57. The third-order valence-corrected chi connectivity index (χ3v) is 6.42. The SMILES string of the molecule is O=C(NCc1ccc(C(=O)N2CCCC2C(=O)O)o1)OCC1c2ccccc2-c2ccccc21. The maximum absolute atomic E-state index is 12.6. The first kappa shape index (κ1) is 21.8. The van der Waals surface area contributed by atoms with Crippen LogP contribution in [0.4, 0.5) is 4.79 Å². The molecule has 1 aliphatic heterocycles. The van der Waals surface area contributed by atoms with Crippen molar-refractivity contribution < 1.29 is 28.6 Å². The van der Waals surface area contributed by atoms with Gasteiger partial charge in [0.1, 0.15) is 18.4 Å². The van der Waals surface area contributed by atoms with Crippen LogP contribution < -0.4 is 5.32 Å². The van der Waals surface area contributed by atoms with E-state index in [2.05, 4.69) is 29.6 Å². The molecule has 0 radical (unpaired) electrons. The first-order chi connectivity index (χ1) is 16.5. The molecule has 2 aromatic carbocycles. The van der Waals surface area contributed by atoms with Crippen LogP contribution in [0.2, 0.25) is 0 Å². The summed E-state index contributed by atoms with van der Waals surface area (Å²) in [6.07, 6.45) is 0.481. The Balaban J connectivity index is 1.17. The van der Waals surface area contributed by atoms with Crippen LogP contribution in [-0.4, -0.2) is 47.2 Å². The van der Waals surface area contributed by atoms with Crippen LogP contribution in [-0.2, 0) is 16.1 Å². The van der Waals surface area contributed by atoms with E-state index in [1.54, 1.807) is 6.07 Å². The minimum Gasteiger partial charge on any atom is -0.480 e. The van der Waals surface area contributed by atoms with Crippen molar-refractivity contribution in [3.05, 3.63) is 83.3 Å². The second-order valence-corrected chi connectivity index (χ2v) is 8.44. The predicted octanol–water partition coefficient (Wildman–Crippen LogP) is 4.01. The number of carbonyl (C=O) groups is 3. The smallest absolute Gasteiger partial charge is 0.407 e. The number of nitrogens with zero attached hydrogens (tertiary/aromatic N) is 1. The Kier molecular flexibility index (Phi) is 5.79. The van der Waals surface area contributed by atoms with Gasteiger partial charge in [-0.15, -0.1) is 0 Å². The number of benzene rings is 2. The van der Waals surface area contributed by atoms with E-state index in [9.17, 15) is 19.5 Å². The number of nitrogens with one attached hydrogen (secondary N) is 1. The highest BCUT2D eigenvalue weighted by Crippen LogP contribution is 2.44. The number of fused-ring (bicyclic) bond motifs is 3. The maximum Gasteiger partial charge on any atom is 0.407 e. The summed E-state index contributed by atoms with van der Waals surface area (Å²) in [5, 5.41) is 11.9. The van der Waals surface area contributed by atoms with Gasteiger partial charge in [0.15, 0.2) is 5.76 Å². The van der Waals surface area contributed by atoms with Crippen molar-refractivity contribution in [3.63, 3.8) is 0 Å². The molecule has 0 spiro atoms. The number of hydrogen-bond acceptors (Lipinski definition) is 5. The van der Waals surface area contributed by atoms with E-state index in [1.165, 1.54) is 11.0 Å². The number of carboxylic acid groups (broad SMARTS) is 1. The van der Waals surface area contributed by atoms with Gasteiger partial charge in [-0.25, -0.2) is 9.59 Å². The van der Waals surface area contributed by atoms with Gasteiger partial charge in [-0.05, 0) is 47.2 Å². The molecule has 2 aliphatic rings. The lowest BCUT2D eigenvalue weighted by Gasteiger charge is -2.19. The van der Waals surface area contributed by atoms with Gasteiger partial charge in [0.25, 0.3) is 5.91 Å². The van der Waals surface area contributed by atoms with E-state index in [1.807, 2.05) is 24.3 Å². The summed E-state index contributed by atoms with van der Waals surface area (Å²) >= 11 is 0. The molecule has 8 heteroatoms. The van der Waals surface area contributed by atoms with Gasteiger partial charge in [-0.3, -0.25) is 4.79 Å². The molecule has 34 heavy (non-hydrogen) atoms. The van der Waals surface area contributed by atoms with Gasteiger partial charge in [0, 0.05) is 12.5 Å². The van der Waals surface area contributed by atoms with E-state index < -0.39 is 24.0 Å². The van der Waals surface area contributed by atoms with Crippen LogP contribution in [0.1, 0.15) is 46.2 Å². The number of hydrogen-bond donors (Lipinski definition) is 2. The Morgan fingerprint density at radius 3 is 2.35 bits per heavy atom. The van der Waals surface area contributed by atoms with Gasteiger partial charge in [0.05, 0.1) is 6.54 Å². The van der Waals surface area contributed by atoms with E-state index in [0.717, 1.165) is 22.3 Å². The summed E-state index contributed by atoms with van der Waals surface area (Å²) in [4.78, 5) is 37.6. The maximum atomic E-state index is 12.6. The second-order valence-electron chi connectivity index (χ2n) is 8.44. The molecule has 174 valence electrons. The van der Waals surface area contributed by atoms with Crippen molar-refractivity contribution in [2.75, 3.05) is 13.2 Å². The Hall–Kier alpha value is -4.07. The lowest BCUT2D eigenvalue weighted by Crippen LogP contribution is -2.40. The minimum atomic E-state index is -1.02. The first-order valence-corrected chi connectivity index (χ1v) is 11.2. The summed E-state index contributed by atoms with van der Waals surface area (Å²) in [6.45, 7) is 0.628. The molecular weight excluding hydrogens is 436 g/mol. The average Bonchev–Trinajstić information content (AvgIpc) is 3.59. The van der Waals surface area contributed by atoms with E-state index in [4.69, 9.17) is 9.15 Å². The van der Waals surface area contributed by atoms with Crippen molar-refractivity contribution in [3.8, 4) is 11.1 Å². The highest BCUT2D eigenvalue weighted by Gasteiger charge is 2.35. The number of alkyl carbamates (subject to hydrolysis) is 1. The number of amides is 2. The predicted molar refractivity (Wildman–Crippen MR) is 122 cm³/mol. The number of carboxylic acids is 1. The van der Waals surface area contributed by atoms with Gasteiger partial charge >= 0.3 is 12.1 Å². The fraction of sp³-hybridized carbons (Fsp3) is 0.269. The molecule has 8 nitrogen and oxygen atoms in total. The molecule has 0 bridgehead atoms. The van der Waals surface area contributed by atoms with Crippen LogP contribution >= 0.6 is 0 Å². The van der Waals surface area contributed by atoms with Crippen LogP contribution in [0.3, 0.4) is 0 Å². The fourth-order valence-electron chi connectivity index (χ4n) is 4.80. The fourth-order valence-corrected chi connectivity index (χ4v) is 4.80. The number of furan rings is 1. The summed E-state index contributed by atoms with van der Waals surface area (Å²) < 4.78 is 11.1. The minimum absolute atomic E-state index is 0.0337. The Morgan fingerprint density at radius 2 is 1.68 bits per heavy atom. The molecule has 0 saturated carbocycles. The molecule has 1 aliphatic carbocycles. The van der Waals surface area contributed by atoms with Crippen molar-refractivity contribution in [1.82, 2.24) is 10.2 Å². The summed E-state index contributed by atoms with van der Waals surface area (Å²) in [5.74, 6) is -1.08. The topological polar surface area (TPSA) is 109 Å². The molecule has 5 rings (SSSR count). The second kappa shape index (κ2) is 9.05. The Labute approximate surface area is 196 Å². The van der Waals surface area contributed by atoms with Crippen LogP contribution in [0.25, 0.3) is 11.1 Å². The van der Waals surface area contributed by atoms with E-state index in [0.29, 0.717) is 25.1 Å². The average molecular weight is 460 g/mol. The molecule has 1 atom stereocenters. The zero-order chi connectivity index (χ0) is 23.7. The Bertz CT molecular complexity index is 1200. The molecule has 1 fully saturated rings. The third kappa shape index (κ3) is 4.03. The first-order valence-electron chi connectivity index (χ1n) is 11.2. The normalized spacial score (nSPS) is 16.7. The molecule has 1 unspecified atom stereocenters. The van der Waals surface area contributed by atoms with Gasteiger partial charge in [0.2, 0.25) is 0 Å². The van der Waals surface area contributed by atoms with Gasteiger partial charge in [-0.2, -0.15) is 0 Å². The molecule has 1 saturated heterocycles. The van der Waals surface area contributed by atoms with E-state index in [-0.39, 0.29) is 24.8 Å². The number of rotatable bonds is 6.